The van der Waals surface area contributed by atoms with Gasteiger partial charge in [-0.1, -0.05) is 35.7 Å². The van der Waals surface area contributed by atoms with Crippen molar-refractivity contribution >= 4 is 26.0 Å². The van der Waals surface area contributed by atoms with Crippen LogP contribution in [0, 0.1) is 17.7 Å². The molecule has 0 amide bonds. The lowest BCUT2D eigenvalue weighted by Crippen LogP contribution is -2.32. The second kappa shape index (κ2) is 6.54. The highest BCUT2D eigenvalue weighted by atomic mass is 79.9. The van der Waals surface area contributed by atoms with E-state index >= 15 is 0 Å². The van der Waals surface area contributed by atoms with Crippen LogP contribution >= 0.6 is 15.9 Å². The van der Waals surface area contributed by atoms with Crippen molar-refractivity contribution in [3.05, 3.63) is 28.5 Å². The van der Waals surface area contributed by atoms with Crippen molar-refractivity contribution in [2.45, 2.75) is 37.5 Å². The minimum Gasteiger partial charge on any atom is -0.211 e. The molecule has 20 heavy (non-hydrogen) atoms. The highest BCUT2D eigenvalue weighted by Gasteiger charge is 2.23. The summed E-state index contributed by atoms with van der Waals surface area (Å²) in [6.07, 6.45) is 4.42. The van der Waals surface area contributed by atoms with Crippen LogP contribution in [0.25, 0.3) is 0 Å². The summed E-state index contributed by atoms with van der Waals surface area (Å²) < 4.78 is 41.0. The SMILES string of the molecule is CC1CCCC(CNS(=O)(=O)c2ccc(Br)cc2F)C1. The van der Waals surface area contributed by atoms with Crippen LogP contribution in [0.3, 0.4) is 0 Å². The van der Waals surface area contributed by atoms with Crippen molar-refractivity contribution in [2.75, 3.05) is 6.54 Å². The van der Waals surface area contributed by atoms with Crippen molar-refractivity contribution in [3.63, 3.8) is 0 Å². The summed E-state index contributed by atoms with van der Waals surface area (Å²) in [7, 11) is -3.77. The molecular formula is C14H19BrFNO2S. The zero-order valence-corrected chi connectivity index (χ0v) is 13.8. The Morgan fingerprint density at radius 3 is 2.80 bits per heavy atom. The minimum atomic E-state index is -3.77. The normalized spacial score (nSPS) is 23.8. The molecule has 0 spiro atoms. The molecule has 0 aromatic heterocycles. The van der Waals surface area contributed by atoms with Crippen LogP contribution < -0.4 is 4.72 Å². The maximum absolute atomic E-state index is 13.7. The Morgan fingerprint density at radius 1 is 1.40 bits per heavy atom. The van der Waals surface area contributed by atoms with E-state index in [0.29, 0.717) is 22.9 Å². The van der Waals surface area contributed by atoms with Gasteiger partial charge in [0.25, 0.3) is 0 Å². The summed E-state index contributed by atoms with van der Waals surface area (Å²) in [4.78, 5) is -0.287. The summed E-state index contributed by atoms with van der Waals surface area (Å²) in [6.45, 7) is 2.58. The quantitative estimate of drug-likeness (QED) is 0.886. The molecule has 0 radical (unpaired) electrons. The van der Waals surface area contributed by atoms with Crippen LogP contribution in [0.15, 0.2) is 27.6 Å². The Kier molecular flexibility index (Phi) is 5.20. The second-order valence-electron chi connectivity index (χ2n) is 5.56. The molecule has 3 nitrogen and oxygen atoms in total. The molecule has 1 saturated carbocycles. The molecule has 0 bridgehead atoms. The third-order valence-corrected chi connectivity index (χ3v) is 5.74. The molecule has 0 saturated heterocycles. The Bertz CT molecular complexity index is 577. The number of nitrogens with one attached hydrogen (secondary N) is 1. The number of halogens is 2. The first-order valence-corrected chi connectivity index (χ1v) is 9.11. The second-order valence-corrected chi connectivity index (χ2v) is 8.22. The van der Waals surface area contributed by atoms with Crippen molar-refractivity contribution in [3.8, 4) is 0 Å². The average molecular weight is 364 g/mol. The van der Waals surface area contributed by atoms with E-state index in [1.807, 2.05) is 0 Å². The first-order chi connectivity index (χ1) is 9.38. The van der Waals surface area contributed by atoms with E-state index in [-0.39, 0.29) is 4.90 Å². The van der Waals surface area contributed by atoms with Gasteiger partial charge < -0.3 is 0 Å². The van der Waals surface area contributed by atoms with Gasteiger partial charge in [-0.05, 0) is 42.9 Å². The fourth-order valence-electron chi connectivity index (χ4n) is 2.74. The van der Waals surface area contributed by atoms with Gasteiger partial charge in [0.05, 0.1) is 0 Å². The topological polar surface area (TPSA) is 46.2 Å². The number of rotatable bonds is 4. The Morgan fingerprint density at radius 2 is 2.15 bits per heavy atom. The molecule has 112 valence electrons. The highest BCUT2D eigenvalue weighted by Crippen LogP contribution is 2.28. The van der Waals surface area contributed by atoms with Crippen molar-refractivity contribution in [2.24, 2.45) is 11.8 Å². The summed E-state index contributed by atoms with van der Waals surface area (Å²) in [6, 6.07) is 3.98. The number of hydrogen-bond acceptors (Lipinski definition) is 2. The van der Waals surface area contributed by atoms with Gasteiger partial charge in [0.2, 0.25) is 10.0 Å². The molecule has 0 heterocycles. The molecule has 6 heteroatoms. The molecule has 1 aliphatic carbocycles. The van der Waals surface area contributed by atoms with Gasteiger partial charge >= 0.3 is 0 Å². The number of sulfonamides is 1. The van der Waals surface area contributed by atoms with E-state index in [2.05, 4.69) is 27.6 Å². The van der Waals surface area contributed by atoms with Crippen molar-refractivity contribution in [1.82, 2.24) is 4.72 Å². The van der Waals surface area contributed by atoms with Gasteiger partial charge in [-0.15, -0.1) is 0 Å². The van der Waals surface area contributed by atoms with Gasteiger partial charge in [-0.3, -0.25) is 0 Å². The predicted molar refractivity (Wildman–Crippen MR) is 80.4 cm³/mol. The summed E-state index contributed by atoms with van der Waals surface area (Å²) in [5, 5.41) is 0. The Balaban J connectivity index is 2.03. The maximum atomic E-state index is 13.7. The number of benzene rings is 1. The fourth-order valence-corrected chi connectivity index (χ4v) is 4.25. The van der Waals surface area contributed by atoms with Crippen LogP contribution in [-0.4, -0.2) is 15.0 Å². The third-order valence-electron chi connectivity index (χ3n) is 3.79. The van der Waals surface area contributed by atoms with E-state index < -0.39 is 15.8 Å². The van der Waals surface area contributed by atoms with E-state index in [9.17, 15) is 12.8 Å². The van der Waals surface area contributed by atoms with Gasteiger partial charge in [-0.25, -0.2) is 17.5 Å². The monoisotopic (exact) mass is 363 g/mol. The molecule has 2 unspecified atom stereocenters. The van der Waals surface area contributed by atoms with Gasteiger partial charge in [0, 0.05) is 11.0 Å². The molecule has 1 aromatic carbocycles. The molecule has 1 N–H and O–H groups in total. The van der Waals surface area contributed by atoms with Crippen LogP contribution in [-0.2, 0) is 10.0 Å². The van der Waals surface area contributed by atoms with Crippen LogP contribution in [0.1, 0.15) is 32.6 Å². The standard InChI is InChI=1S/C14H19BrFNO2S/c1-10-3-2-4-11(7-10)9-17-20(18,19)14-6-5-12(15)8-13(14)16/h5-6,8,10-11,17H,2-4,7,9H2,1H3. The van der Waals surface area contributed by atoms with Crippen LogP contribution in [0.2, 0.25) is 0 Å². The van der Waals surface area contributed by atoms with Gasteiger partial charge in [0.15, 0.2) is 0 Å². The van der Waals surface area contributed by atoms with Crippen molar-refractivity contribution in [1.29, 1.82) is 0 Å². The fraction of sp³-hybridized carbons (Fsp3) is 0.571. The Hall–Kier alpha value is -0.460. The first-order valence-electron chi connectivity index (χ1n) is 6.83. The molecule has 0 aliphatic heterocycles. The molecule has 1 aliphatic rings. The number of hydrogen-bond donors (Lipinski definition) is 1. The van der Waals surface area contributed by atoms with Gasteiger partial charge in [0.1, 0.15) is 10.7 Å². The molecule has 1 fully saturated rings. The highest BCUT2D eigenvalue weighted by molar-refractivity contribution is 9.10. The van der Waals surface area contributed by atoms with Crippen LogP contribution in [0.5, 0.6) is 0 Å². The largest absolute Gasteiger partial charge is 0.243 e. The lowest BCUT2D eigenvalue weighted by molar-refractivity contribution is 0.283. The lowest BCUT2D eigenvalue weighted by atomic mass is 9.83. The van der Waals surface area contributed by atoms with E-state index in [4.69, 9.17) is 0 Å². The van der Waals surface area contributed by atoms with E-state index in [0.717, 1.165) is 25.3 Å². The van der Waals surface area contributed by atoms with Crippen LogP contribution in [0.4, 0.5) is 4.39 Å². The maximum Gasteiger partial charge on any atom is 0.243 e. The van der Waals surface area contributed by atoms with E-state index in [1.165, 1.54) is 18.6 Å². The molecular weight excluding hydrogens is 345 g/mol. The zero-order chi connectivity index (χ0) is 14.8. The minimum absolute atomic E-state index is 0.287. The smallest absolute Gasteiger partial charge is 0.211 e. The third kappa shape index (κ3) is 4.02. The van der Waals surface area contributed by atoms with Crippen molar-refractivity contribution < 1.29 is 12.8 Å². The van der Waals surface area contributed by atoms with E-state index in [1.54, 1.807) is 0 Å². The summed E-state index contributed by atoms with van der Waals surface area (Å²) >= 11 is 3.12. The van der Waals surface area contributed by atoms with Gasteiger partial charge in [-0.2, -0.15) is 0 Å². The first kappa shape index (κ1) is 15.9. The molecule has 1 aromatic rings. The predicted octanol–water partition coefficient (Wildman–Crippen LogP) is 3.69. The zero-order valence-electron chi connectivity index (χ0n) is 11.4. The lowest BCUT2D eigenvalue weighted by Gasteiger charge is -2.26. The Labute approximate surface area is 128 Å². The summed E-state index contributed by atoms with van der Waals surface area (Å²) in [5.41, 5.74) is 0. The summed E-state index contributed by atoms with van der Waals surface area (Å²) in [5.74, 6) is 0.263. The molecule has 2 atom stereocenters. The average Bonchev–Trinajstić information content (AvgIpc) is 2.36. The molecule has 2 rings (SSSR count).